The topological polar surface area (TPSA) is 76.7 Å². The maximum atomic E-state index is 11.1. The molecule has 0 radical (unpaired) electrons. The number of fused-ring (bicyclic) bond motifs is 1. The highest BCUT2D eigenvalue weighted by atomic mass is 16.5. The van der Waals surface area contributed by atoms with Gasteiger partial charge in [-0.2, -0.15) is 5.10 Å². The zero-order valence-electron chi connectivity index (χ0n) is 19.5. The molecular formula is C28H27N3O3. The van der Waals surface area contributed by atoms with E-state index in [1.54, 1.807) is 11.4 Å². The van der Waals surface area contributed by atoms with Gasteiger partial charge in [0, 0.05) is 17.3 Å². The fourth-order valence-corrected chi connectivity index (χ4v) is 3.88. The van der Waals surface area contributed by atoms with E-state index >= 15 is 0 Å². The third kappa shape index (κ3) is 5.26. The van der Waals surface area contributed by atoms with Gasteiger partial charge in [-0.3, -0.25) is 4.79 Å². The lowest BCUT2D eigenvalue weighted by atomic mass is 9.96. The van der Waals surface area contributed by atoms with Crippen LogP contribution in [0, 0.1) is 11.8 Å². The molecule has 4 rings (SSSR count). The summed E-state index contributed by atoms with van der Waals surface area (Å²) in [6, 6.07) is 18.1. The van der Waals surface area contributed by atoms with Crippen molar-refractivity contribution in [2.45, 2.75) is 45.6 Å². The van der Waals surface area contributed by atoms with Crippen molar-refractivity contribution in [3.63, 3.8) is 0 Å². The van der Waals surface area contributed by atoms with E-state index in [-0.39, 0.29) is 12.3 Å². The number of aliphatic carboxylic acids is 1. The van der Waals surface area contributed by atoms with Crippen LogP contribution in [0.4, 0.5) is 0 Å². The van der Waals surface area contributed by atoms with Crippen LogP contribution in [0.2, 0.25) is 0 Å². The van der Waals surface area contributed by atoms with Crippen molar-refractivity contribution < 1.29 is 14.6 Å². The number of carbonyl (C=O) groups is 1. The minimum absolute atomic E-state index is 0.0309. The first-order valence-corrected chi connectivity index (χ1v) is 11.2. The number of carboxylic acid groups (broad SMARTS) is 1. The third-order valence-corrected chi connectivity index (χ3v) is 5.74. The fraction of sp³-hybridized carbons (Fsp3) is 0.250. The molecule has 0 fully saturated rings. The van der Waals surface area contributed by atoms with Gasteiger partial charge in [0.15, 0.2) is 5.65 Å². The minimum Gasteiger partial charge on any atom is -0.489 e. The molecule has 0 saturated heterocycles. The van der Waals surface area contributed by atoms with Gasteiger partial charge >= 0.3 is 5.97 Å². The summed E-state index contributed by atoms with van der Waals surface area (Å²) in [5, 5.41) is 13.5. The van der Waals surface area contributed by atoms with E-state index in [2.05, 4.69) is 66.1 Å². The summed E-state index contributed by atoms with van der Waals surface area (Å²) in [7, 11) is 0. The number of carboxylic acids is 1. The molecule has 1 unspecified atom stereocenters. The number of benzene rings is 2. The van der Waals surface area contributed by atoms with Gasteiger partial charge in [-0.05, 0) is 47.7 Å². The van der Waals surface area contributed by atoms with Crippen molar-refractivity contribution in [3.8, 4) is 28.7 Å². The Hall–Kier alpha value is -4.11. The van der Waals surface area contributed by atoms with Crippen LogP contribution in [0.5, 0.6) is 5.75 Å². The summed E-state index contributed by atoms with van der Waals surface area (Å²) in [5.74, 6) is 5.74. The van der Waals surface area contributed by atoms with Crippen LogP contribution in [0.25, 0.3) is 16.8 Å². The van der Waals surface area contributed by atoms with Crippen LogP contribution >= 0.6 is 0 Å². The normalized spacial score (nSPS) is 11.8. The number of hydrogen-bond donors (Lipinski definition) is 1. The third-order valence-electron chi connectivity index (χ3n) is 5.74. The molecule has 6 heteroatoms. The van der Waals surface area contributed by atoms with E-state index in [9.17, 15) is 4.79 Å². The Morgan fingerprint density at radius 1 is 1.06 bits per heavy atom. The van der Waals surface area contributed by atoms with Gasteiger partial charge in [0.2, 0.25) is 0 Å². The van der Waals surface area contributed by atoms with Gasteiger partial charge in [0.05, 0.1) is 12.3 Å². The van der Waals surface area contributed by atoms with Crippen LogP contribution < -0.4 is 4.74 Å². The van der Waals surface area contributed by atoms with Crippen molar-refractivity contribution in [3.05, 3.63) is 83.8 Å². The minimum atomic E-state index is -0.871. The molecule has 2 heterocycles. The zero-order chi connectivity index (χ0) is 24.1. The number of nitrogens with zero attached hydrogens (tertiary/aromatic N) is 3. The first-order valence-electron chi connectivity index (χ1n) is 11.2. The molecule has 34 heavy (non-hydrogen) atoms. The predicted molar refractivity (Wildman–Crippen MR) is 132 cm³/mol. The van der Waals surface area contributed by atoms with E-state index in [1.165, 1.54) is 11.9 Å². The molecule has 0 saturated carbocycles. The number of hydrogen-bond acceptors (Lipinski definition) is 4. The summed E-state index contributed by atoms with van der Waals surface area (Å²) >= 11 is 0. The molecule has 172 valence electrons. The summed E-state index contributed by atoms with van der Waals surface area (Å²) in [6.45, 7) is 6.40. The molecule has 6 nitrogen and oxygen atoms in total. The number of aromatic nitrogens is 3. The summed E-state index contributed by atoms with van der Waals surface area (Å²) < 4.78 is 7.82. The molecule has 0 aliphatic carbocycles. The van der Waals surface area contributed by atoms with E-state index < -0.39 is 5.97 Å². The second-order valence-electron chi connectivity index (χ2n) is 8.46. The van der Waals surface area contributed by atoms with Gasteiger partial charge in [-0.15, -0.1) is 5.92 Å². The maximum absolute atomic E-state index is 11.1. The first kappa shape index (κ1) is 23.1. The second kappa shape index (κ2) is 10.2. The standard InChI is InChI=1S/C28H27N3O3/c1-4-5-23(15-27(32)33)21-10-12-26(13-11-21)34-17-25-14-24(16-31-28(25)29-18-30-31)22-8-6-20(7-9-22)19(2)3/h6-14,16,18-19,23H,15,17H2,1-3H3,(H,32,33). The lowest BCUT2D eigenvalue weighted by Gasteiger charge is -2.12. The van der Waals surface area contributed by atoms with Crippen LogP contribution in [0.3, 0.4) is 0 Å². The highest BCUT2D eigenvalue weighted by molar-refractivity contribution is 5.69. The Morgan fingerprint density at radius 3 is 2.41 bits per heavy atom. The largest absolute Gasteiger partial charge is 0.489 e. The van der Waals surface area contributed by atoms with Crippen molar-refractivity contribution in [2.75, 3.05) is 0 Å². The second-order valence-corrected chi connectivity index (χ2v) is 8.46. The Morgan fingerprint density at radius 2 is 1.76 bits per heavy atom. The van der Waals surface area contributed by atoms with E-state index in [1.807, 2.05) is 30.5 Å². The lowest BCUT2D eigenvalue weighted by molar-refractivity contribution is -0.137. The van der Waals surface area contributed by atoms with Gasteiger partial charge in [-0.25, -0.2) is 9.50 Å². The van der Waals surface area contributed by atoms with Gasteiger partial charge in [0.1, 0.15) is 18.7 Å². The van der Waals surface area contributed by atoms with E-state index in [4.69, 9.17) is 9.84 Å². The van der Waals surface area contributed by atoms with Crippen LogP contribution in [0.15, 0.2) is 67.1 Å². The highest BCUT2D eigenvalue weighted by Gasteiger charge is 2.14. The molecule has 0 bridgehead atoms. The monoisotopic (exact) mass is 453 g/mol. The average molecular weight is 454 g/mol. The van der Waals surface area contributed by atoms with Gasteiger partial charge in [-0.1, -0.05) is 56.2 Å². The first-order chi connectivity index (χ1) is 16.4. The van der Waals surface area contributed by atoms with Crippen LogP contribution in [0.1, 0.15) is 55.7 Å². The fourth-order valence-electron chi connectivity index (χ4n) is 3.88. The SMILES string of the molecule is CC#CC(CC(=O)O)c1ccc(OCc2cc(-c3ccc(C(C)C)cc3)cn3ncnc23)cc1. The maximum Gasteiger partial charge on any atom is 0.304 e. The van der Waals surface area contributed by atoms with Crippen molar-refractivity contribution in [1.29, 1.82) is 0 Å². The predicted octanol–water partition coefficient (Wildman–Crippen LogP) is 5.68. The molecule has 4 aromatic rings. The summed E-state index contributed by atoms with van der Waals surface area (Å²) in [6.07, 6.45) is 3.48. The molecule has 1 atom stereocenters. The summed E-state index contributed by atoms with van der Waals surface area (Å²) in [4.78, 5) is 15.5. The quantitative estimate of drug-likeness (QED) is 0.347. The average Bonchev–Trinajstić information content (AvgIpc) is 3.31. The lowest BCUT2D eigenvalue weighted by Crippen LogP contribution is -2.05. The van der Waals surface area contributed by atoms with Crippen LogP contribution in [-0.4, -0.2) is 25.7 Å². The van der Waals surface area contributed by atoms with E-state index in [0.717, 1.165) is 27.9 Å². The molecule has 0 aliphatic heterocycles. The van der Waals surface area contributed by atoms with Crippen molar-refractivity contribution in [2.24, 2.45) is 0 Å². The Balaban J connectivity index is 1.54. The molecular weight excluding hydrogens is 426 g/mol. The Labute approximate surface area is 199 Å². The molecule has 1 N–H and O–H groups in total. The number of pyridine rings is 1. The number of rotatable bonds is 8. The molecule has 2 aromatic heterocycles. The van der Waals surface area contributed by atoms with Crippen molar-refractivity contribution >= 4 is 11.6 Å². The molecule has 0 spiro atoms. The molecule has 0 amide bonds. The molecule has 0 aliphatic rings. The Kier molecular flexibility index (Phi) is 6.93. The van der Waals surface area contributed by atoms with Gasteiger partial charge in [0.25, 0.3) is 0 Å². The highest BCUT2D eigenvalue weighted by Crippen LogP contribution is 2.26. The molecule has 2 aromatic carbocycles. The van der Waals surface area contributed by atoms with Crippen LogP contribution in [-0.2, 0) is 11.4 Å². The van der Waals surface area contributed by atoms with Crippen molar-refractivity contribution in [1.82, 2.24) is 14.6 Å². The summed E-state index contributed by atoms with van der Waals surface area (Å²) in [5.41, 5.74) is 5.97. The smallest absolute Gasteiger partial charge is 0.304 e. The zero-order valence-corrected chi connectivity index (χ0v) is 19.5. The number of ether oxygens (including phenoxy) is 1. The Bertz CT molecular complexity index is 1340. The van der Waals surface area contributed by atoms with E-state index in [0.29, 0.717) is 18.3 Å². The van der Waals surface area contributed by atoms with Gasteiger partial charge < -0.3 is 9.84 Å².